The minimum absolute atomic E-state index is 0.141. The first-order chi connectivity index (χ1) is 9.67. The van der Waals surface area contributed by atoms with Crippen LogP contribution in [-0.4, -0.2) is 14.9 Å². The third-order valence-electron chi connectivity index (χ3n) is 3.52. The second-order valence-corrected chi connectivity index (χ2v) is 5.99. The number of nitrogens with zero attached hydrogens (tertiary/aromatic N) is 2. The number of benzene rings is 1. The molecule has 20 heavy (non-hydrogen) atoms. The molecule has 0 radical (unpaired) electrons. The lowest BCUT2D eigenvalue weighted by Gasteiger charge is -2.29. The Morgan fingerprint density at radius 1 is 1.50 bits per heavy atom. The molecule has 1 aromatic carbocycles. The minimum Gasteiger partial charge on any atom is -0.485 e. The van der Waals surface area contributed by atoms with E-state index in [-0.39, 0.29) is 6.10 Å². The smallest absolute Gasteiger partial charge is 0.130 e. The van der Waals surface area contributed by atoms with E-state index in [1.807, 2.05) is 35.3 Å². The van der Waals surface area contributed by atoms with Crippen molar-refractivity contribution in [2.24, 2.45) is 0 Å². The number of ether oxygens (including phenoxy) is 1. The molecule has 4 nitrogen and oxygen atoms in total. The molecule has 3 rings (SSSR count). The molecule has 0 saturated heterocycles. The summed E-state index contributed by atoms with van der Waals surface area (Å²) in [7, 11) is 0. The van der Waals surface area contributed by atoms with Crippen LogP contribution < -0.4 is 4.74 Å². The number of fused-ring (bicyclic) bond motifs is 1. The van der Waals surface area contributed by atoms with Gasteiger partial charge in [-0.25, -0.2) is 0 Å². The number of hydrogen-bond donors (Lipinski definition) is 1. The summed E-state index contributed by atoms with van der Waals surface area (Å²) >= 11 is 3.43. The Bertz CT molecular complexity index is 612. The lowest BCUT2D eigenvalue weighted by Crippen LogP contribution is -2.18. The van der Waals surface area contributed by atoms with E-state index >= 15 is 0 Å². The first-order valence-corrected chi connectivity index (χ1v) is 7.63. The highest BCUT2D eigenvalue weighted by Crippen LogP contribution is 2.41. The van der Waals surface area contributed by atoms with Gasteiger partial charge in [0, 0.05) is 34.8 Å². The number of aliphatic hydroxyl groups is 1. The molecule has 2 atom stereocenters. The third-order valence-corrected chi connectivity index (χ3v) is 4.01. The van der Waals surface area contributed by atoms with Gasteiger partial charge in [-0.1, -0.05) is 28.9 Å². The number of aliphatic hydroxyl groups excluding tert-OH is 1. The highest BCUT2D eigenvalue weighted by Gasteiger charge is 2.28. The molecular formula is C15H17BrN2O2. The number of aromatic nitrogens is 2. The van der Waals surface area contributed by atoms with Crippen molar-refractivity contribution in [1.29, 1.82) is 0 Å². The quantitative estimate of drug-likeness (QED) is 0.931. The molecule has 1 aromatic heterocycles. The molecule has 2 unspecified atom stereocenters. The average molecular weight is 337 g/mol. The van der Waals surface area contributed by atoms with Crippen LogP contribution in [0.5, 0.6) is 5.75 Å². The summed E-state index contributed by atoms with van der Waals surface area (Å²) in [5.41, 5.74) is 1.87. The lowest BCUT2D eigenvalue weighted by atomic mass is 9.96. The Balaban J connectivity index is 1.86. The predicted molar refractivity (Wildman–Crippen MR) is 79.6 cm³/mol. The van der Waals surface area contributed by atoms with Gasteiger partial charge >= 0.3 is 0 Å². The first kappa shape index (κ1) is 13.6. The van der Waals surface area contributed by atoms with Crippen LogP contribution in [0.15, 0.2) is 35.1 Å². The largest absolute Gasteiger partial charge is 0.485 e. The maximum atomic E-state index is 10.3. The minimum atomic E-state index is -0.494. The molecule has 0 amide bonds. The average Bonchev–Trinajstić information content (AvgIpc) is 2.87. The van der Waals surface area contributed by atoms with E-state index in [1.165, 1.54) is 0 Å². The van der Waals surface area contributed by atoms with Gasteiger partial charge in [-0.2, -0.15) is 5.10 Å². The molecule has 2 aromatic rings. The molecule has 2 heterocycles. The second kappa shape index (κ2) is 5.58. The molecular weight excluding hydrogens is 320 g/mol. The molecule has 0 bridgehead atoms. The van der Waals surface area contributed by atoms with E-state index in [0.717, 1.165) is 34.3 Å². The van der Waals surface area contributed by atoms with Gasteiger partial charge in [0.15, 0.2) is 0 Å². The summed E-state index contributed by atoms with van der Waals surface area (Å²) in [4.78, 5) is 0. The van der Waals surface area contributed by atoms with Crippen LogP contribution in [-0.2, 0) is 6.54 Å². The summed E-state index contributed by atoms with van der Waals surface area (Å²) in [6, 6.07) is 5.73. The summed E-state index contributed by atoms with van der Waals surface area (Å²) in [5, 5.41) is 14.6. The van der Waals surface area contributed by atoms with Gasteiger partial charge in [-0.15, -0.1) is 0 Å². The summed E-state index contributed by atoms with van der Waals surface area (Å²) < 4.78 is 8.89. The SMILES string of the molecule is CCCn1cc(C2CC(O)c3ccc(Br)cc3O2)cn1. The lowest BCUT2D eigenvalue weighted by molar-refractivity contribution is 0.0656. The normalized spacial score (nSPS) is 21.4. The van der Waals surface area contributed by atoms with Crippen LogP contribution in [0.2, 0.25) is 0 Å². The second-order valence-electron chi connectivity index (χ2n) is 5.08. The molecule has 0 fully saturated rings. The van der Waals surface area contributed by atoms with Crippen molar-refractivity contribution in [2.75, 3.05) is 0 Å². The summed E-state index contributed by atoms with van der Waals surface area (Å²) in [5.74, 6) is 0.742. The van der Waals surface area contributed by atoms with Crippen molar-refractivity contribution in [3.05, 3.63) is 46.2 Å². The molecule has 5 heteroatoms. The van der Waals surface area contributed by atoms with Crippen molar-refractivity contribution >= 4 is 15.9 Å². The van der Waals surface area contributed by atoms with Crippen LogP contribution in [0, 0.1) is 0 Å². The molecule has 1 aliphatic rings. The Kier molecular flexibility index (Phi) is 3.81. The zero-order valence-electron chi connectivity index (χ0n) is 11.3. The zero-order chi connectivity index (χ0) is 14.1. The summed E-state index contributed by atoms with van der Waals surface area (Å²) in [6.45, 7) is 3.02. The Morgan fingerprint density at radius 3 is 3.15 bits per heavy atom. The standard InChI is InChI=1S/C15H17BrN2O2/c1-2-5-18-9-10(8-17-18)14-7-13(19)12-4-3-11(16)6-15(12)20-14/h3-4,6,8-9,13-14,19H,2,5,7H2,1H3. The number of halogens is 1. The fraction of sp³-hybridized carbons (Fsp3) is 0.400. The van der Waals surface area contributed by atoms with Crippen LogP contribution in [0.3, 0.4) is 0 Å². The monoisotopic (exact) mass is 336 g/mol. The van der Waals surface area contributed by atoms with Crippen molar-refractivity contribution in [3.63, 3.8) is 0 Å². The van der Waals surface area contributed by atoms with Gasteiger partial charge in [-0.05, 0) is 18.6 Å². The van der Waals surface area contributed by atoms with Gasteiger partial charge in [0.25, 0.3) is 0 Å². The topological polar surface area (TPSA) is 47.3 Å². The molecule has 1 N–H and O–H groups in total. The van der Waals surface area contributed by atoms with E-state index < -0.39 is 6.10 Å². The first-order valence-electron chi connectivity index (χ1n) is 6.84. The highest BCUT2D eigenvalue weighted by molar-refractivity contribution is 9.10. The molecule has 0 spiro atoms. The molecule has 0 aliphatic carbocycles. The Hall–Kier alpha value is -1.33. The van der Waals surface area contributed by atoms with Crippen LogP contribution >= 0.6 is 15.9 Å². The van der Waals surface area contributed by atoms with Crippen LogP contribution in [0.1, 0.15) is 43.1 Å². The van der Waals surface area contributed by atoms with E-state index in [1.54, 1.807) is 0 Å². The van der Waals surface area contributed by atoms with Gasteiger partial charge < -0.3 is 9.84 Å². The fourth-order valence-corrected chi connectivity index (χ4v) is 2.86. The predicted octanol–water partition coefficient (Wildman–Crippen LogP) is 3.61. The van der Waals surface area contributed by atoms with E-state index in [9.17, 15) is 5.11 Å². The zero-order valence-corrected chi connectivity index (χ0v) is 12.9. The van der Waals surface area contributed by atoms with E-state index in [2.05, 4.69) is 28.0 Å². The molecule has 106 valence electrons. The van der Waals surface area contributed by atoms with Crippen molar-refractivity contribution in [1.82, 2.24) is 9.78 Å². The van der Waals surface area contributed by atoms with E-state index in [0.29, 0.717) is 6.42 Å². The van der Waals surface area contributed by atoms with E-state index in [4.69, 9.17) is 4.74 Å². The third kappa shape index (κ3) is 2.60. The van der Waals surface area contributed by atoms with Crippen molar-refractivity contribution in [2.45, 2.75) is 38.5 Å². The van der Waals surface area contributed by atoms with Crippen LogP contribution in [0.4, 0.5) is 0 Å². The van der Waals surface area contributed by atoms with Crippen LogP contribution in [0.25, 0.3) is 0 Å². The Labute approximate surface area is 126 Å². The highest BCUT2D eigenvalue weighted by atomic mass is 79.9. The van der Waals surface area contributed by atoms with Crippen molar-refractivity contribution in [3.8, 4) is 5.75 Å². The molecule has 0 saturated carbocycles. The van der Waals surface area contributed by atoms with Crippen molar-refractivity contribution < 1.29 is 9.84 Å². The maximum absolute atomic E-state index is 10.3. The maximum Gasteiger partial charge on any atom is 0.130 e. The number of hydrogen-bond acceptors (Lipinski definition) is 3. The van der Waals surface area contributed by atoms with Gasteiger partial charge in [0.05, 0.1) is 12.3 Å². The van der Waals surface area contributed by atoms with Gasteiger partial charge in [0.1, 0.15) is 11.9 Å². The summed E-state index contributed by atoms with van der Waals surface area (Å²) in [6.07, 6.45) is 4.81. The van der Waals surface area contributed by atoms with Gasteiger partial charge in [0.2, 0.25) is 0 Å². The number of aryl methyl sites for hydroxylation is 1. The Morgan fingerprint density at radius 2 is 2.35 bits per heavy atom. The fourth-order valence-electron chi connectivity index (χ4n) is 2.52. The van der Waals surface area contributed by atoms with Gasteiger partial charge in [-0.3, -0.25) is 4.68 Å². The molecule has 1 aliphatic heterocycles. The number of rotatable bonds is 3.